The van der Waals surface area contributed by atoms with Crippen molar-refractivity contribution in [3.63, 3.8) is 0 Å². The number of nitrogens with one attached hydrogen (secondary N) is 2. The Kier molecular flexibility index (Phi) is 3.66. The molecule has 0 saturated carbocycles. The number of hydrogen-bond acceptors (Lipinski definition) is 4. The van der Waals surface area contributed by atoms with Gasteiger partial charge in [0.2, 0.25) is 15.9 Å². The Hall–Kier alpha value is -0.660. The third-order valence-corrected chi connectivity index (χ3v) is 6.26. The molecule has 0 bridgehead atoms. The van der Waals surface area contributed by atoms with Gasteiger partial charge in [0, 0.05) is 19.6 Å². The van der Waals surface area contributed by atoms with E-state index in [2.05, 4.69) is 10.6 Å². The molecule has 104 valence electrons. The van der Waals surface area contributed by atoms with Crippen molar-refractivity contribution in [2.24, 2.45) is 0 Å². The largest absolute Gasteiger partial charge is 0.353 e. The number of amides is 1. The summed E-state index contributed by atoms with van der Waals surface area (Å²) in [6.07, 6.45) is 1.54. The molecule has 0 aromatic rings. The van der Waals surface area contributed by atoms with Gasteiger partial charge >= 0.3 is 0 Å². The van der Waals surface area contributed by atoms with Crippen LogP contribution in [0.15, 0.2) is 0 Å². The molecule has 0 spiro atoms. The Morgan fingerprint density at radius 1 is 1.33 bits per heavy atom. The Bertz CT molecular complexity index is 427. The summed E-state index contributed by atoms with van der Waals surface area (Å²) in [7, 11) is -3.42. The summed E-state index contributed by atoms with van der Waals surface area (Å²) in [4.78, 5) is 11.8. The molecule has 1 unspecified atom stereocenters. The first-order valence-electron chi connectivity index (χ1n) is 6.37. The lowest BCUT2D eigenvalue weighted by atomic mass is 10.0. The minimum atomic E-state index is -3.42. The molecule has 6 nitrogen and oxygen atoms in total. The predicted molar refractivity (Wildman–Crippen MR) is 68.6 cm³/mol. The van der Waals surface area contributed by atoms with Gasteiger partial charge in [-0.15, -0.1) is 0 Å². The third kappa shape index (κ3) is 2.26. The van der Waals surface area contributed by atoms with Crippen LogP contribution in [0.5, 0.6) is 0 Å². The molecule has 18 heavy (non-hydrogen) atoms. The van der Waals surface area contributed by atoms with Crippen LogP contribution in [0.2, 0.25) is 0 Å². The number of nitrogens with zero attached hydrogens (tertiary/aromatic N) is 1. The van der Waals surface area contributed by atoms with Crippen LogP contribution in [-0.4, -0.2) is 55.6 Å². The Morgan fingerprint density at radius 3 is 2.67 bits per heavy atom. The number of sulfonamides is 1. The van der Waals surface area contributed by atoms with E-state index in [0.29, 0.717) is 26.1 Å². The van der Waals surface area contributed by atoms with Gasteiger partial charge in [0.15, 0.2) is 0 Å². The summed E-state index contributed by atoms with van der Waals surface area (Å²) in [5.41, 5.74) is -0.992. The smallest absolute Gasteiger partial charge is 0.241 e. The quantitative estimate of drug-likeness (QED) is 0.697. The molecule has 1 amide bonds. The van der Waals surface area contributed by atoms with Crippen molar-refractivity contribution < 1.29 is 13.2 Å². The van der Waals surface area contributed by atoms with Crippen molar-refractivity contribution in [3.8, 4) is 0 Å². The van der Waals surface area contributed by atoms with Gasteiger partial charge in [-0.1, -0.05) is 0 Å². The topological polar surface area (TPSA) is 78.5 Å². The van der Waals surface area contributed by atoms with Crippen LogP contribution in [0.4, 0.5) is 0 Å². The second-order valence-electron chi connectivity index (χ2n) is 5.40. The zero-order chi connectivity index (χ0) is 13.4. The first-order valence-corrected chi connectivity index (χ1v) is 7.88. The monoisotopic (exact) mass is 275 g/mol. The van der Waals surface area contributed by atoms with E-state index in [-0.39, 0.29) is 5.91 Å². The van der Waals surface area contributed by atoms with Crippen LogP contribution in [-0.2, 0) is 14.8 Å². The van der Waals surface area contributed by atoms with Crippen molar-refractivity contribution in [1.29, 1.82) is 0 Å². The molecular weight excluding hydrogens is 254 g/mol. The van der Waals surface area contributed by atoms with Gasteiger partial charge in [-0.3, -0.25) is 4.79 Å². The van der Waals surface area contributed by atoms with Gasteiger partial charge in [0.05, 0.1) is 5.25 Å². The highest BCUT2D eigenvalue weighted by molar-refractivity contribution is 7.89. The summed E-state index contributed by atoms with van der Waals surface area (Å²) in [6.45, 7) is 5.43. The van der Waals surface area contributed by atoms with E-state index in [4.69, 9.17) is 0 Å². The number of rotatable bonds is 2. The van der Waals surface area contributed by atoms with Crippen LogP contribution in [0.3, 0.4) is 0 Å². The van der Waals surface area contributed by atoms with Gasteiger partial charge < -0.3 is 10.6 Å². The van der Waals surface area contributed by atoms with Gasteiger partial charge in [-0.2, -0.15) is 4.31 Å². The SMILES string of the molecule is CC1(C)C(=O)NCCN1S(=O)(=O)C1CCCNC1. The molecule has 2 aliphatic rings. The molecule has 0 aromatic heterocycles. The molecule has 1 atom stereocenters. The second-order valence-corrected chi connectivity index (χ2v) is 7.54. The molecule has 0 radical (unpaired) electrons. The van der Waals surface area contributed by atoms with Crippen LogP contribution in [0.1, 0.15) is 26.7 Å². The van der Waals surface area contributed by atoms with Crippen LogP contribution < -0.4 is 10.6 Å². The van der Waals surface area contributed by atoms with Crippen molar-refractivity contribution in [2.75, 3.05) is 26.2 Å². The second kappa shape index (κ2) is 4.79. The average molecular weight is 275 g/mol. The molecule has 7 heteroatoms. The van der Waals surface area contributed by atoms with Crippen LogP contribution in [0, 0.1) is 0 Å². The molecule has 2 fully saturated rings. The lowest BCUT2D eigenvalue weighted by molar-refractivity contribution is -0.131. The highest BCUT2D eigenvalue weighted by atomic mass is 32.2. The summed E-state index contributed by atoms with van der Waals surface area (Å²) >= 11 is 0. The minimum absolute atomic E-state index is 0.221. The summed E-state index contributed by atoms with van der Waals surface area (Å²) in [6, 6.07) is 0. The zero-order valence-electron chi connectivity index (χ0n) is 10.9. The van der Waals surface area contributed by atoms with Gasteiger partial charge in [-0.05, 0) is 33.2 Å². The molecule has 2 saturated heterocycles. The normalized spacial score (nSPS) is 29.9. The van der Waals surface area contributed by atoms with E-state index < -0.39 is 20.8 Å². The molecule has 2 heterocycles. The van der Waals surface area contributed by atoms with E-state index in [1.807, 2.05) is 0 Å². The fourth-order valence-corrected chi connectivity index (χ4v) is 4.80. The summed E-state index contributed by atoms with van der Waals surface area (Å²) in [5, 5.41) is 5.42. The average Bonchev–Trinajstić information content (AvgIpc) is 2.33. The lowest BCUT2D eigenvalue weighted by Crippen LogP contribution is -2.65. The van der Waals surface area contributed by atoms with E-state index >= 15 is 0 Å². The van der Waals surface area contributed by atoms with E-state index in [9.17, 15) is 13.2 Å². The highest BCUT2D eigenvalue weighted by Gasteiger charge is 2.46. The van der Waals surface area contributed by atoms with Gasteiger partial charge in [-0.25, -0.2) is 8.42 Å². The molecule has 2 N–H and O–H groups in total. The maximum absolute atomic E-state index is 12.6. The number of piperazine rings is 1. The number of piperidine rings is 1. The maximum Gasteiger partial charge on any atom is 0.241 e. The Balaban J connectivity index is 2.25. The van der Waals surface area contributed by atoms with E-state index in [0.717, 1.165) is 13.0 Å². The minimum Gasteiger partial charge on any atom is -0.353 e. The number of carbonyl (C=O) groups excluding carboxylic acids is 1. The first-order chi connectivity index (χ1) is 8.37. The predicted octanol–water partition coefficient (Wildman–Crippen LogP) is -0.721. The van der Waals surface area contributed by atoms with E-state index in [1.54, 1.807) is 13.8 Å². The third-order valence-electron chi connectivity index (χ3n) is 3.76. The van der Waals surface area contributed by atoms with Crippen molar-refractivity contribution in [1.82, 2.24) is 14.9 Å². The molecular formula is C11H21N3O3S. The fraction of sp³-hybridized carbons (Fsp3) is 0.909. The highest BCUT2D eigenvalue weighted by Crippen LogP contribution is 2.26. The molecule has 0 aliphatic carbocycles. The van der Waals surface area contributed by atoms with E-state index in [1.165, 1.54) is 4.31 Å². The molecule has 2 aliphatic heterocycles. The maximum atomic E-state index is 12.6. The van der Waals surface area contributed by atoms with Crippen molar-refractivity contribution in [3.05, 3.63) is 0 Å². The summed E-state index contributed by atoms with van der Waals surface area (Å²) in [5.74, 6) is -0.221. The Labute approximate surface area is 108 Å². The first kappa shape index (κ1) is 13.8. The lowest BCUT2D eigenvalue weighted by Gasteiger charge is -2.42. The van der Waals surface area contributed by atoms with Gasteiger partial charge in [0.1, 0.15) is 5.54 Å². The standard InChI is InChI=1S/C11H21N3O3S/c1-11(2)10(15)13-6-7-14(11)18(16,17)9-4-3-5-12-8-9/h9,12H,3-8H2,1-2H3,(H,13,15). The number of hydrogen-bond donors (Lipinski definition) is 2. The fourth-order valence-electron chi connectivity index (χ4n) is 2.58. The van der Waals surface area contributed by atoms with Crippen molar-refractivity contribution in [2.45, 2.75) is 37.5 Å². The van der Waals surface area contributed by atoms with Crippen LogP contribution in [0.25, 0.3) is 0 Å². The summed E-state index contributed by atoms with van der Waals surface area (Å²) < 4.78 is 26.6. The number of carbonyl (C=O) groups is 1. The molecule has 2 rings (SSSR count). The Morgan fingerprint density at radius 2 is 2.06 bits per heavy atom. The van der Waals surface area contributed by atoms with Crippen molar-refractivity contribution >= 4 is 15.9 Å². The molecule has 0 aromatic carbocycles. The van der Waals surface area contributed by atoms with Gasteiger partial charge in [0.25, 0.3) is 0 Å². The van der Waals surface area contributed by atoms with Crippen LogP contribution >= 0.6 is 0 Å². The zero-order valence-corrected chi connectivity index (χ0v) is 11.7.